The minimum atomic E-state index is -0.257. The Morgan fingerprint density at radius 1 is 1.08 bits per heavy atom. The molecular formula is C18H20Cl2N2O2. The molecule has 0 unspecified atom stereocenters. The highest BCUT2D eigenvalue weighted by Crippen LogP contribution is 2.27. The molecular weight excluding hydrogens is 347 g/mol. The average molecular weight is 367 g/mol. The van der Waals surface area contributed by atoms with E-state index in [1.807, 2.05) is 24.3 Å². The van der Waals surface area contributed by atoms with Crippen molar-refractivity contribution in [3.05, 3.63) is 52.5 Å². The van der Waals surface area contributed by atoms with Gasteiger partial charge in [0.25, 0.3) is 5.91 Å². The van der Waals surface area contributed by atoms with E-state index in [9.17, 15) is 4.79 Å². The van der Waals surface area contributed by atoms with Crippen LogP contribution in [0.3, 0.4) is 0 Å². The van der Waals surface area contributed by atoms with Gasteiger partial charge >= 0.3 is 0 Å². The fourth-order valence-electron chi connectivity index (χ4n) is 2.01. The molecule has 0 aromatic heterocycles. The average Bonchev–Trinajstić information content (AvgIpc) is 2.56. The van der Waals surface area contributed by atoms with Crippen molar-refractivity contribution in [2.24, 2.45) is 0 Å². The van der Waals surface area contributed by atoms with Gasteiger partial charge in [0.05, 0.1) is 5.02 Å². The predicted octanol–water partition coefficient (Wildman–Crippen LogP) is 5.22. The quantitative estimate of drug-likeness (QED) is 0.629. The summed E-state index contributed by atoms with van der Waals surface area (Å²) in [7, 11) is 0. The van der Waals surface area contributed by atoms with Crippen LogP contribution in [0.25, 0.3) is 0 Å². The molecule has 0 atom stereocenters. The summed E-state index contributed by atoms with van der Waals surface area (Å²) in [5.41, 5.74) is 1.75. The van der Waals surface area contributed by atoms with Crippen LogP contribution in [-0.2, 0) is 4.79 Å². The van der Waals surface area contributed by atoms with Gasteiger partial charge in [-0.2, -0.15) is 0 Å². The second kappa shape index (κ2) is 9.40. The van der Waals surface area contributed by atoms with Crippen molar-refractivity contribution in [1.29, 1.82) is 0 Å². The maximum absolute atomic E-state index is 11.9. The first-order valence-electron chi connectivity index (χ1n) is 7.80. The van der Waals surface area contributed by atoms with Crippen molar-refractivity contribution >= 4 is 40.5 Å². The number of hydrogen-bond donors (Lipinski definition) is 2. The summed E-state index contributed by atoms with van der Waals surface area (Å²) in [6, 6.07) is 12.4. The van der Waals surface area contributed by atoms with Crippen molar-refractivity contribution < 1.29 is 9.53 Å². The fourth-order valence-corrected chi connectivity index (χ4v) is 2.48. The number of ether oxygens (including phenoxy) is 1. The van der Waals surface area contributed by atoms with E-state index in [-0.39, 0.29) is 12.5 Å². The van der Waals surface area contributed by atoms with E-state index in [0.29, 0.717) is 21.5 Å². The molecule has 1 amide bonds. The molecule has 0 aliphatic carbocycles. The van der Waals surface area contributed by atoms with Crippen LogP contribution in [-0.4, -0.2) is 19.1 Å². The number of anilines is 2. The number of carbonyl (C=O) groups is 1. The molecule has 0 bridgehead atoms. The molecule has 128 valence electrons. The SMILES string of the molecule is CCCCNc1ccc(NC(=O)COc2ccc(Cl)cc2Cl)cc1. The van der Waals surface area contributed by atoms with E-state index < -0.39 is 0 Å². The van der Waals surface area contributed by atoms with Gasteiger partial charge in [-0.25, -0.2) is 0 Å². The Labute approximate surface area is 152 Å². The number of rotatable bonds is 8. The summed E-state index contributed by atoms with van der Waals surface area (Å²) in [5.74, 6) is 0.166. The molecule has 2 aromatic carbocycles. The molecule has 2 rings (SSSR count). The third-order valence-corrected chi connectivity index (χ3v) is 3.81. The van der Waals surface area contributed by atoms with Crippen LogP contribution >= 0.6 is 23.2 Å². The second-order valence-electron chi connectivity index (χ2n) is 5.27. The van der Waals surface area contributed by atoms with Crippen LogP contribution < -0.4 is 15.4 Å². The Morgan fingerprint density at radius 3 is 2.46 bits per heavy atom. The maximum Gasteiger partial charge on any atom is 0.262 e. The molecule has 2 aromatic rings. The third-order valence-electron chi connectivity index (χ3n) is 3.28. The first-order valence-corrected chi connectivity index (χ1v) is 8.55. The molecule has 0 saturated heterocycles. The first kappa shape index (κ1) is 18.4. The van der Waals surface area contributed by atoms with Gasteiger partial charge in [-0.1, -0.05) is 36.5 Å². The summed E-state index contributed by atoms with van der Waals surface area (Å²) in [5, 5.41) is 6.99. The highest BCUT2D eigenvalue weighted by atomic mass is 35.5. The number of benzene rings is 2. The van der Waals surface area contributed by atoms with Crippen LogP contribution in [0.4, 0.5) is 11.4 Å². The molecule has 0 saturated carbocycles. The zero-order chi connectivity index (χ0) is 17.4. The Balaban J connectivity index is 1.81. The highest BCUT2D eigenvalue weighted by Gasteiger charge is 2.07. The Kier molecular flexibility index (Phi) is 7.22. The standard InChI is InChI=1S/C18H20Cl2N2O2/c1-2-3-10-21-14-5-7-15(8-6-14)22-18(23)12-24-17-9-4-13(19)11-16(17)20/h4-9,11,21H,2-3,10,12H2,1H3,(H,22,23). The van der Waals surface area contributed by atoms with E-state index >= 15 is 0 Å². The van der Waals surface area contributed by atoms with Gasteiger partial charge < -0.3 is 15.4 Å². The van der Waals surface area contributed by atoms with Crippen LogP contribution in [0, 0.1) is 0 Å². The van der Waals surface area contributed by atoms with E-state index in [1.165, 1.54) is 0 Å². The molecule has 0 spiro atoms. The lowest BCUT2D eigenvalue weighted by molar-refractivity contribution is -0.118. The van der Waals surface area contributed by atoms with Gasteiger partial charge in [0.1, 0.15) is 5.75 Å². The number of unbranched alkanes of at least 4 members (excludes halogenated alkanes) is 1. The zero-order valence-electron chi connectivity index (χ0n) is 13.4. The normalized spacial score (nSPS) is 10.3. The van der Waals surface area contributed by atoms with Crippen LogP contribution in [0.15, 0.2) is 42.5 Å². The second-order valence-corrected chi connectivity index (χ2v) is 6.11. The van der Waals surface area contributed by atoms with Gasteiger partial charge in [-0.05, 0) is 48.9 Å². The molecule has 0 radical (unpaired) electrons. The Hall–Kier alpha value is -1.91. The van der Waals surface area contributed by atoms with Gasteiger partial charge in [0.15, 0.2) is 6.61 Å². The summed E-state index contributed by atoms with van der Waals surface area (Å²) in [6.45, 7) is 2.97. The molecule has 0 heterocycles. The molecule has 24 heavy (non-hydrogen) atoms. The number of amides is 1. The zero-order valence-corrected chi connectivity index (χ0v) is 15.0. The topological polar surface area (TPSA) is 50.4 Å². The van der Waals surface area contributed by atoms with Crippen LogP contribution in [0.2, 0.25) is 10.0 Å². The van der Waals surface area contributed by atoms with Crippen LogP contribution in [0.5, 0.6) is 5.75 Å². The molecule has 0 aliphatic heterocycles. The lowest BCUT2D eigenvalue weighted by Gasteiger charge is -2.10. The van der Waals surface area contributed by atoms with Gasteiger partial charge in [0, 0.05) is 22.9 Å². The molecule has 6 heteroatoms. The van der Waals surface area contributed by atoms with Crippen LogP contribution in [0.1, 0.15) is 19.8 Å². The Bertz CT molecular complexity index is 675. The minimum Gasteiger partial charge on any atom is -0.482 e. The van der Waals surface area contributed by atoms with E-state index in [0.717, 1.165) is 25.1 Å². The maximum atomic E-state index is 11.9. The number of halogens is 2. The summed E-state index contributed by atoms with van der Waals surface area (Å²) in [6.07, 6.45) is 2.28. The third kappa shape index (κ3) is 5.95. The lowest BCUT2D eigenvalue weighted by Crippen LogP contribution is -2.20. The molecule has 0 fully saturated rings. The van der Waals surface area contributed by atoms with Crippen molar-refractivity contribution in [1.82, 2.24) is 0 Å². The van der Waals surface area contributed by atoms with Crippen molar-refractivity contribution in [3.8, 4) is 5.75 Å². The number of nitrogens with one attached hydrogen (secondary N) is 2. The molecule has 4 nitrogen and oxygen atoms in total. The largest absolute Gasteiger partial charge is 0.482 e. The van der Waals surface area contributed by atoms with E-state index in [1.54, 1.807) is 18.2 Å². The fraction of sp³-hybridized carbons (Fsp3) is 0.278. The van der Waals surface area contributed by atoms with Gasteiger partial charge in [-0.3, -0.25) is 4.79 Å². The Morgan fingerprint density at radius 2 is 1.79 bits per heavy atom. The van der Waals surface area contributed by atoms with Gasteiger partial charge in [0.2, 0.25) is 0 Å². The summed E-state index contributed by atoms with van der Waals surface area (Å²) >= 11 is 11.8. The van der Waals surface area contributed by atoms with Gasteiger partial charge in [-0.15, -0.1) is 0 Å². The highest BCUT2D eigenvalue weighted by molar-refractivity contribution is 6.35. The number of hydrogen-bond acceptors (Lipinski definition) is 3. The van der Waals surface area contributed by atoms with Crippen molar-refractivity contribution in [2.45, 2.75) is 19.8 Å². The summed E-state index contributed by atoms with van der Waals surface area (Å²) in [4.78, 5) is 11.9. The van der Waals surface area contributed by atoms with E-state index in [2.05, 4.69) is 17.6 Å². The number of carbonyl (C=O) groups excluding carboxylic acids is 1. The predicted molar refractivity (Wildman–Crippen MR) is 100 cm³/mol. The smallest absolute Gasteiger partial charge is 0.262 e. The summed E-state index contributed by atoms with van der Waals surface area (Å²) < 4.78 is 5.40. The molecule has 0 aliphatic rings. The van der Waals surface area contributed by atoms with Crippen molar-refractivity contribution in [3.63, 3.8) is 0 Å². The minimum absolute atomic E-state index is 0.127. The lowest BCUT2D eigenvalue weighted by atomic mass is 10.2. The molecule has 2 N–H and O–H groups in total. The van der Waals surface area contributed by atoms with E-state index in [4.69, 9.17) is 27.9 Å². The monoisotopic (exact) mass is 366 g/mol. The first-order chi connectivity index (χ1) is 11.6. The van der Waals surface area contributed by atoms with Crippen molar-refractivity contribution in [2.75, 3.05) is 23.8 Å².